The minimum absolute atomic E-state index is 1.01. The molecule has 0 bridgehead atoms. The molecular weight excluding hydrogens is 300 g/mol. The fraction of sp³-hybridized carbons (Fsp3) is 0.0769. The van der Waals surface area contributed by atoms with Crippen molar-refractivity contribution in [2.24, 2.45) is 0 Å². The summed E-state index contributed by atoms with van der Waals surface area (Å²) in [5, 5.41) is 2.10. The van der Waals surface area contributed by atoms with Crippen LogP contribution in [0, 0.1) is 0 Å². The first-order chi connectivity index (χ1) is 7.84. The van der Waals surface area contributed by atoms with Crippen LogP contribution in [0.25, 0.3) is 6.08 Å². The molecule has 3 heteroatoms. The Bertz CT molecular complexity index is 443. The molecule has 0 radical (unpaired) electrons. The number of thioether (sulfide) groups is 1. The van der Waals surface area contributed by atoms with Crippen LogP contribution in [-0.2, 0) is 0 Å². The van der Waals surface area contributed by atoms with Gasteiger partial charge in [0.2, 0.25) is 0 Å². The molecule has 0 fully saturated rings. The quantitative estimate of drug-likeness (QED) is 0.689. The van der Waals surface area contributed by atoms with Crippen molar-refractivity contribution in [3.05, 3.63) is 57.2 Å². The highest BCUT2D eigenvalue weighted by atomic mass is 79.9. The van der Waals surface area contributed by atoms with Gasteiger partial charge in [-0.15, -0.1) is 23.1 Å². The molecule has 1 aromatic carbocycles. The van der Waals surface area contributed by atoms with Crippen LogP contribution in [0.4, 0.5) is 0 Å². The Morgan fingerprint density at radius 1 is 1.19 bits per heavy atom. The number of hydrogen-bond acceptors (Lipinski definition) is 2. The maximum absolute atomic E-state index is 3.43. The molecule has 0 amide bonds. The van der Waals surface area contributed by atoms with Gasteiger partial charge in [-0.2, -0.15) is 0 Å². The summed E-state index contributed by atoms with van der Waals surface area (Å²) in [6.07, 6.45) is 4.38. The van der Waals surface area contributed by atoms with Gasteiger partial charge in [-0.25, -0.2) is 0 Å². The average Bonchev–Trinajstić information content (AvgIpc) is 2.80. The minimum Gasteiger partial charge on any atom is -0.144 e. The van der Waals surface area contributed by atoms with Crippen molar-refractivity contribution in [2.75, 3.05) is 5.75 Å². The molecule has 1 aromatic heterocycles. The molecule has 0 saturated carbocycles. The molecule has 2 aromatic rings. The van der Waals surface area contributed by atoms with Crippen molar-refractivity contribution in [1.82, 2.24) is 0 Å². The zero-order valence-electron chi connectivity index (χ0n) is 8.60. The highest BCUT2D eigenvalue weighted by Gasteiger charge is 1.91. The van der Waals surface area contributed by atoms with Gasteiger partial charge in [0.05, 0.1) is 0 Å². The normalized spacial score (nSPS) is 11.1. The molecule has 2 rings (SSSR count). The van der Waals surface area contributed by atoms with Gasteiger partial charge < -0.3 is 0 Å². The first-order valence-electron chi connectivity index (χ1n) is 4.93. The molecule has 0 unspecified atom stereocenters. The van der Waals surface area contributed by atoms with E-state index in [2.05, 4.69) is 69.9 Å². The van der Waals surface area contributed by atoms with Crippen LogP contribution < -0.4 is 0 Å². The van der Waals surface area contributed by atoms with E-state index in [1.807, 2.05) is 11.8 Å². The molecule has 82 valence electrons. The van der Waals surface area contributed by atoms with Gasteiger partial charge in [-0.1, -0.05) is 28.1 Å². The van der Waals surface area contributed by atoms with Crippen molar-refractivity contribution in [1.29, 1.82) is 0 Å². The summed E-state index contributed by atoms with van der Waals surface area (Å²) in [7, 11) is 0. The van der Waals surface area contributed by atoms with E-state index in [9.17, 15) is 0 Å². The Labute approximate surface area is 113 Å². The number of thiophene rings is 1. The molecule has 0 aliphatic carbocycles. The number of halogens is 1. The van der Waals surface area contributed by atoms with Crippen molar-refractivity contribution in [2.45, 2.75) is 4.90 Å². The van der Waals surface area contributed by atoms with Crippen molar-refractivity contribution in [3.8, 4) is 0 Å². The van der Waals surface area contributed by atoms with E-state index in [-0.39, 0.29) is 0 Å². The number of benzene rings is 1. The highest BCUT2D eigenvalue weighted by molar-refractivity contribution is 9.10. The van der Waals surface area contributed by atoms with Gasteiger partial charge in [-0.3, -0.25) is 0 Å². The molecular formula is C13H11BrS2. The second-order valence-corrected chi connectivity index (χ2v) is 6.17. The first-order valence-corrected chi connectivity index (χ1v) is 7.59. The third-order valence-corrected chi connectivity index (χ3v) is 4.32. The molecule has 0 N–H and O–H groups in total. The van der Waals surface area contributed by atoms with Gasteiger partial charge in [-0.05, 0) is 41.8 Å². The summed E-state index contributed by atoms with van der Waals surface area (Å²) in [6, 6.07) is 12.6. The lowest BCUT2D eigenvalue weighted by molar-refractivity contribution is 1.44. The second kappa shape index (κ2) is 6.28. The molecule has 0 nitrogen and oxygen atoms in total. The molecule has 16 heavy (non-hydrogen) atoms. The van der Waals surface area contributed by atoms with Gasteiger partial charge in [0.25, 0.3) is 0 Å². The Morgan fingerprint density at radius 2 is 2.00 bits per heavy atom. The van der Waals surface area contributed by atoms with E-state index in [1.165, 1.54) is 9.77 Å². The third kappa shape index (κ3) is 3.81. The van der Waals surface area contributed by atoms with Gasteiger partial charge in [0.15, 0.2) is 0 Å². The SMILES string of the molecule is Brc1ccc(SC/C=C/c2cccs2)cc1. The standard InChI is InChI=1S/C13H11BrS2/c14-11-5-7-13(8-6-11)16-10-2-4-12-3-1-9-15-12/h1-9H,10H2/b4-2+. The number of rotatable bonds is 4. The predicted octanol–water partition coefficient (Wildman–Crippen LogP) is 5.32. The van der Waals surface area contributed by atoms with Crippen LogP contribution in [0.2, 0.25) is 0 Å². The predicted molar refractivity (Wildman–Crippen MR) is 78.2 cm³/mol. The highest BCUT2D eigenvalue weighted by Crippen LogP contribution is 2.21. The fourth-order valence-corrected chi connectivity index (χ4v) is 2.85. The third-order valence-electron chi connectivity index (χ3n) is 1.99. The van der Waals surface area contributed by atoms with E-state index in [0.717, 1.165) is 10.2 Å². The van der Waals surface area contributed by atoms with E-state index in [1.54, 1.807) is 11.3 Å². The van der Waals surface area contributed by atoms with Gasteiger partial charge >= 0.3 is 0 Å². The van der Waals surface area contributed by atoms with Crippen molar-refractivity contribution in [3.63, 3.8) is 0 Å². The summed E-state index contributed by atoms with van der Waals surface area (Å²) in [5.41, 5.74) is 0. The Kier molecular flexibility index (Phi) is 4.69. The van der Waals surface area contributed by atoms with Crippen LogP contribution >= 0.6 is 39.0 Å². The molecule has 0 saturated heterocycles. The van der Waals surface area contributed by atoms with Gasteiger partial charge in [0, 0.05) is 20.0 Å². The molecule has 0 aliphatic heterocycles. The Balaban J connectivity index is 1.82. The Morgan fingerprint density at radius 3 is 2.69 bits per heavy atom. The lowest BCUT2D eigenvalue weighted by Crippen LogP contribution is -1.73. The number of hydrogen-bond donors (Lipinski definition) is 0. The second-order valence-electron chi connectivity index (χ2n) is 3.18. The largest absolute Gasteiger partial charge is 0.144 e. The summed E-state index contributed by atoms with van der Waals surface area (Å²) in [4.78, 5) is 2.62. The smallest absolute Gasteiger partial charge is 0.0267 e. The summed E-state index contributed by atoms with van der Waals surface area (Å²) in [6.45, 7) is 0. The van der Waals surface area contributed by atoms with Crippen molar-refractivity contribution < 1.29 is 0 Å². The van der Waals surface area contributed by atoms with Crippen LogP contribution in [0.3, 0.4) is 0 Å². The lowest BCUT2D eigenvalue weighted by Gasteiger charge is -1.97. The summed E-state index contributed by atoms with van der Waals surface area (Å²) in [5.74, 6) is 1.01. The van der Waals surface area contributed by atoms with E-state index in [0.29, 0.717) is 0 Å². The van der Waals surface area contributed by atoms with E-state index >= 15 is 0 Å². The summed E-state index contributed by atoms with van der Waals surface area (Å²) >= 11 is 7.05. The lowest BCUT2D eigenvalue weighted by atomic mass is 10.4. The molecule has 0 aliphatic rings. The monoisotopic (exact) mass is 310 g/mol. The van der Waals surface area contributed by atoms with Crippen LogP contribution in [-0.4, -0.2) is 5.75 Å². The topological polar surface area (TPSA) is 0 Å². The van der Waals surface area contributed by atoms with E-state index < -0.39 is 0 Å². The van der Waals surface area contributed by atoms with E-state index in [4.69, 9.17) is 0 Å². The Hall–Kier alpha value is -0.510. The van der Waals surface area contributed by atoms with Crippen molar-refractivity contribution >= 4 is 45.1 Å². The zero-order chi connectivity index (χ0) is 11.2. The molecule has 0 spiro atoms. The molecule has 1 heterocycles. The van der Waals surface area contributed by atoms with Gasteiger partial charge in [0.1, 0.15) is 0 Å². The first kappa shape index (κ1) is 12.0. The average molecular weight is 311 g/mol. The van der Waals surface area contributed by atoms with Crippen LogP contribution in [0.15, 0.2) is 57.2 Å². The van der Waals surface area contributed by atoms with Crippen LogP contribution in [0.5, 0.6) is 0 Å². The maximum atomic E-state index is 3.43. The fourth-order valence-electron chi connectivity index (χ4n) is 1.23. The minimum atomic E-state index is 1.01. The maximum Gasteiger partial charge on any atom is 0.0267 e. The van der Waals surface area contributed by atoms with Crippen LogP contribution in [0.1, 0.15) is 4.88 Å². The molecule has 0 atom stereocenters. The summed E-state index contributed by atoms with van der Waals surface area (Å²) < 4.78 is 1.13. The zero-order valence-corrected chi connectivity index (χ0v) is 11.8.